The van der Waals surface area contributed by atoms with Gasteiger partial charge in [0, 0.05) is 5.56 Å². The van der Waals surface area contributed by atoms with Gasteiger partial charge in [0.05, 0.1) is 23.6 Å². The maximum Gasteiger partial charge on any atom is 0.276 e. The van der Waals surface area contributed by atoms with Gasteiger partial charge < -0.3 is 9.26 Å². The predicted molar refractivity (Wildman–Crippen MR) is 130 cm³/mol. The van der Waals surface area contributed by atoms with Crippen molar-refractivity contribution in [3.63, 3.8) is 0 Å². The van der Waals surface area contributed by atoms with E-state index in [9.17, 15) is 4.79 Å². The van der Waals surface area contributed by atoms with E-state index >= 15 is 0 Å². The van der Waals surface area contributed by atoms with E-state index in [-0.39, 0.29) is 5.56 Å². The van der Waals surface area contributed by atoms with E-state index in [1.165, 1.54) is 23.1 Å². The van der Waals surface area contributed by atoms with Gasteiger partial charge in [0.25, 0.3) is 5.56 Å². The van der Waals surface area contributed by atoms with Crippen molar-refractivity contribution in [2.24, 2.45) is 0 Å². The average molecular weight is 477 g/mol. The molecular formula is C24H20N4O3S2. The van der Waals surface area contributed by atoms with E-state index < -0.39 is 0 Å². The van der Waals surface area contributed by atoms with Crippen LogP contribution in [0.4, 0.5) is 0 Å². The molecular weight excluding hydrogens is 456 g/mol. The van der Waals surface area contributed by atoms with Crippen LogP contribution in [-0.4, -0.2) is 26.3 Å². The minimum Gasteiger partial charge on any atom is -0.494 e. The highest BCUT2D eigenvalue weighted by Gasteiger charge is 2.16. The monoisotopic (exact) mass is 476 g/mol. The summed E-state index contributed by atoms with van der Waals surface area (Å²) in [6.07, 6.45) is 0. The van der Waals surface area contributed by atoms with Crippen LogP contribution in [0.2, 0.25) is 0 Å². The van der Waals surface area contributed by atoms with Gasteiger partial charge in [-0.1, -0.05) is 34.6 Å². The Hall–Kier alpha value is -3.43. The number of hydrogen-bond donors (Lipinski definition) is 0. The summed E-state index contributed by atoms with van der Waals surface area (Å²) in [7, 11) is 0. The molecule has 33 heavy (non-hydrogen) atoms. The fourth-order valence-electron chi connectivity index (χ4n) is 3.33. The van der Waals surface area contributed by atoms with Gasteiger partial charge in [-0.3, -0.25) is 9.36 Å². The first kappa shape index (κ1) is 21.4. The number of rotatable bonds is 7. The van der Waals surface area contributed by atoms with E-state index in [2.05, 4.69) is 10.1 Å². The lowest BCUT2D eigenvalue weighted by atomic mass is 10.2. The Morgan fingerprint density at radius 1 is 1.06 bits per heavy atom. The smallest absolute Gasteiger partial charge is 0.276 e. The third-order valence-electron chi connectivity index (χ3n) is 4.96. The van der Waals surface area contributed by atoms with Crippen molar-refractivity contribution < 1.29 is 9.26 Å². The lowest BCUT2D eigenvalue weighted by Crippen LogP contribution is -2.20. The Labute approximate surface area is 198 Å². The first-order chi connectivity index (χ1) is 16.1. The summed E-state index contributed by atoms with van der Waals surface area (Å²) < 4.78 is 13.2. The molecule has 3 aromatic heterocycles. The van der Waals surface area contributed by atoms with Crippen LogP contribution in [0, 0.1) is 6.92 Å². The van der Waals surface area contributed by atoms with Gasteiger partial charge in [0.15, 0.2) is 5.16 Å². The molecule has 0 fully saturated rings. The number of thioether (sulfide) groups is 1. The highest BCUT2D eigenvalue weighted by Crippen LogP contribution is 2.27. The fraction of sp³-hybridized carbons (Fsp3) is 0.167. The molecule has 0 amide bonds. The van der Waals surface area contributed by atoms with Gasteiger partial charge in [-0.25, -0.2) is 4.98 Å². The third-order valence-corrected chi connectivity index (χ3v) is 6.77. The van der Waals surface area contributed by atoms with Crippen LogP contribution in [0.25, 0.3) is 27.3 Å². The number of thiophene rings is 1. The summed E-state index contributed by atoms with van der Waals surface area (Å²) in [4.78, 5) is 22.5. The molecule has 0 unspecified atom stereocenters. The summed E-state index contributed by atoms with van der Waals surface area (Å²) in [6, 6.07) is 17.2. The number of nitrogens with zero attached hydrogens (tertiary/aromatic N) is 4. The van der Waals surface area contributed by atoms with Crippen molar-refractivity contribution in [3.05, 3.63) is 81.8 Å². The third kappa shape index (κ3) is 4.42. The molecule has 5 aromatic rings. The summed E-state index contributed by atoms with van der Waals surface area (Å²) in [5.74, 6) is 2.15. The molecule has 9 heteroatoms. The van der Waals surface area contributed by atoms with Crippen LogP contribution in [0.1, 0.15) is 18.4 Å². The molecule has 166 valence electrons. The molecule has 0 spiro atoms. The molecule has 0 saturated heterocycles. The highest BCUT2D eigenvalue weighted by molar-refractivity contribution is 7.98. The standard InChI is InChI=1S/C24H20N4O3S2/c1-3-30-18-10-6-16(7-11-18)22-26-20(31-27-22)14-33-24-25-19-12-13-32-21(19)23(29)28(24)17-8-4-15(2)5-9-17/h4-13H,3,14H2,1-2H3. The van der Waals surface area contributed by atoms with Gasteiger partial charge in [0.2, 0.25) is 11.7 Å². The maximum absolute atomic E-state index is 13.2. The van der Waals surface area contributed by atoms with E-state index in [4.69, 9.17) is 14.2 Å². The Kier molecular flexibility index (Phi) is 5.97. The number of hydrogen-bond acceptors (Lipinski definition) is 8. The number of benzene rings is 2. The molecule has 0 bridgehead atoms. The number of aromatic nitrogens is 4. The summed E-state index contributed by atoms with van der Waals surface area (Å²) in [5, 5.41) is 6.56. The van der Waals surface area contributed by atoms with E-state index in [0.29, 0.717) is 39.4 Å². The van der Waals surface area contributed by atoms with E-state index in [1.807, 2.05) is 73.8 Å². The topological polar surface area (TPSA) is 83.0 Å². The SMILES string of the molecule is CCOc1ccc(-c2noc(CSc3nc4ccsc4c(=O)n3-c3ccc(C)cc3)n2)cc1. The predicted octanol–water partition coefficient (Wildman–Crippen LogP) is 5.50. The van der Waals surface area contributed by atoms with Crippen LogP contribution in [0.3, 0.4) is 0 Å². The number of fused-ring (bicyclic) bond motifs is 1. The lowest BCUT2D eigenvalue weighted by Gasteiger charge is -2.11. The van der Waals surface area contributed by atoms with Crippen LogP contribution in [0.15, 0.2) is 74.5 Å². The second kappa shape index (κ2) is 9.21. The van der Waals surface area contributed by atoms with Crippen molar-refractivity contribution in [2.45, 2.75) is 24.8 Å². The Balaban J connectivity index is 1.42. The number of ether oxygens (including phenoxy) is 1. The van der Waals surface area contributed by atoms with Crippen molar-refractivity contribution in [3.8, 4) is 22.8 Å². The van der Waals surface area contributed by atoms with Crippen molar-refractivity contribution in [2.75, 3.05) is 6.61 Å². The normalized spacial score (nSPS) is 11.2. The Morgan fingerprint density at radius 3 is 2.61 bits per heavy atom. The first-order valence-electron chi connectivity index (χ1n) is 10.4. The van der Waals surface area contributed by atoms with Gasteiger partial charge in [0.1, 0.15) is 10.4 Å². The van der Waals surface area contributed by atoms with Crippen LogP contribution in [-0.2, 0) is 5.75 Å². The molecule has 3 heterocycles. The first-order valence-corrected chi connectivity index (χ1v) is 12.2. The molecule has 0 aliphatic heterocycles. The van der Waals surface area contributed by atoms with Crippen molar-refractivity contribution in [1.82, 2.24) is 19.7 Å². The number of aryl methyl sites for hydroxylation is 1. The summed E-state index contributed by atoms with van der Waals surface area (Å²) >= 11 is 2.79. The van der Waals surface area contributed by atoms with Gasteiger partial charge in [-0.15, -0.1) is 11.3 Å². The maximum atomic E-state index is 13.2. The fourth-order valence-corrected chi connectivity index (χ4v) is 4.94. The van der Waals surface area contributed by atoms with Crippen LogP contribution in [0.5, 0.6) is 5.75 Å². The minimum absolute atomic E-state index is 0.0815. The molecule has 7 nitrogen and oxygen atoms in total. The lowest BCUT2D eigenvalue weighted by molar-refractivity contribution is 0.340. The second-order valence-corrected chi connectivity index (χ2v) is 9.12. The molecule has 5 rings (SSSR count). The van der Waals surface area contributed by atoms with E-state index in [1.54, 1.807) is 4.57 Å². The van der Waals surface area contributed by atoms with Crippen molar-refractivity contribution in [1.29, 1.82) is 0 Å². The van der Waals surface area contributed by atoms with Gasteiger partial charge in [-0.05, 0) is 61.7 Å². The van der Waals surface area contributed by atoms with Crippen LogP contribution >= 0.6 is 23.1 Å². The minimum atomic E-state index is -0.0815. The molecule has 0 atom stereocenters. The molecule has 0 aliphatic carbocycles. The van der Waals surface area contributed by atoms with E-state index in [0.717, 1.165) is 22.6 Å². The zero-order valence-electron chi connectivity index (χ0n) is 18.0. The summed E-state index contributed by atoms with van der Waals surface area (Å²) in [5.41, 5.74) is 3.35. The largest absolute Gasteiger partial charge is 0.494 e. The molecule has 0 N–H and O–H groups in total. The Bertz CT molecular complexity index is 1450. The zero-order chi connectivity index (χ0) is 22.8. The van der Waals surface area contributed by atoms with Gasteiger partial charge >= 0.3 is 0 Å². The average Bonchev–Trinajstić information content (AvgIpc) is 3.49. The molecule has 0 aliphatic rings. The molecule has 2 aromatic carbocycles. The van der Waals surface area contributed by atoms with Crippen LogP contribution < -0.4 is 10.3 Å². The molecule has 0 radical (unpaired) electrons. The van der Waals surface area contributed by atoms with Gasteiger partial charge in [-0.2, -0.15) is 4.98 Å². The zero-order valence-corrected chi connectivity index (χ0v) is 19.7. The highest BCUT2D eigenvalue weighted by atomic mass is 32.2. The molecule has 0 saturated carbocycles. The van der Waals surface area contributed by atoms with Crippen molar-refractivity contribution >= 4 is 33.3 Å². The second-order valence-electron chi connectivity index (χ2n) is 7.26. The quantitative estimate of drug-likeness (QED) is 0.227. The Morgan fingerprint density at radius 2 is 1.85 bits per heavy atom. The summed E-state index contributed by atoms with van der Waals surface area (Å²) in [6.45, 7) is 4.57.